The number of halogens is 3. The van der Waals surface area contributed by atoms with Gasteiger partial charge in [-0.2, -0.15) is 13.2 Å². The Kier molecular flexibility index (Phi) is 6.35. The molecule has 2 aromatic carbocycles. The number of imidazole rings is 1. The minimum absolute atomic E-state index is 0.191. The highest BCUT2D eigenvalue weighted by atomic mass is 19.4. The molecule has 0 saturated carbocycles. The third-order valence-electron chi connectivity index (χ3n) is 6.79. The number of fused-ring (bicyclic) bond motifs is 1. The summed E-state index contributed by atoms with van der Waals surface area (Å²) >= 11 is 0. The second-order valence-electron chi connectivity index (χ2n) is 9.33. The molecule has 0 bridgehead atoms. The van der Waals surface area contributed by atoms with E-state index in [4.69, 9.17) is 4.98 Å². The molecule has 0 spiro atoms. The van der Waals surface area contributed by atoms with E-state index in [1.165, 1.54) is 12.1 Å². The lowest BCUT2D eigenvalue weighted by molar-refractivity contribution is -0.137. The molecule has 5 rings (SSSR count). The van der Waals surface area contributed by atoms with Crippen LogP contribution in [-0.2, 0) is 12.7 Å². The summed E-state index contributed by atoms with van der Waals surface area (Å²) in [6.07, 6.45) is -1.65. The first-order valence-electron chi connectivity index (χ1n) is 12.2. The predicted molar refractivity (Wildman–Crippen MR) is 134 cm³/mol. The molecule has 3 heterocycles. The molecule has 1 N–H and O–H groups in total. The fourth-order valence-electron chi connectivity index (χ4n) is 4.99. The Bertz CT molecular complexity index is 1460. The number of nitrogens with zero attached hydrogens (tertiary/aromatic N) is 5. The molecule has 0 aliphatic carbocycles. The van der Waals surface area contributed by atoms with Gasteiger partial charge in [0, 0.05) is 24.7 Å². The average molecular weight is 510 g/mol. The first-order chi connectivity index (χ1) is 17.7. The van der Waals surface area contributed by atoms with Crippen molar-refractivity contribution in [2.45, 2.75) is 51.9 Å². The summed E-state index contributed by atoms with van der Waals surface area (Å²) in [6.45, 7) is 4.97. The minimum atomic E-state index is -4.42. The van der Waals surface area contributed by atoms with Gasteiger partial charge < -0.3 is 14.6 Å². The monoisotopic (exact) mass is 509 g/mol. The van der Waals surface area contributed by atoms with E-state index < -0.39 is 17.7 Å². The number of aromatic carboxylic acids is 1. The topological polar surface area (TPSA) is 84.1 Å². The van der Waals surface area contributed by atoms with Crippen LogP contribution in [-0.4, -0.2) is 43.2 Å². The largest absolute Gasteiger partial charge is 0.475 e. The van der Waals surface area contributed by atoms with Gasteiger partial charge in [-0.1, -0.05) is 42.8 Å². The van der Waals surface area contributed by atoms with Crippen molar-refractivity contribution in [1.29, 1.82) is 0 Å². The van der Waals surface area contributed by atoms with Gasteiger partial charge in [0.25, 0.3) is 0 Å². The van der Waals surface area contributed by atoms with Crippen LogP contribution >= 0.6 is 0 Å². The fourth-order valence-corrected chi connectivity index (χ4v) is 4.99. The highest BCUT2D eigenvalue weighted by molar-refractivity contribution is 5.92. The maximum Gasteiger partial charge on any atom is 0.416 e. The molecule has 2 aromatic heterocycles. The van der Waals surface area contributed by atoms with E-state index >= 15 is 0 Å². The summed E-state index contributed by atoms with van der Waals surface area (Å²) in [7, 11) is 0. The molecule has 1 saturated heterocycles. The van der Waals surface area contributed by atoms with E-state index in [0.29, 0.717) is 22.7 Å². The molecule has 1 fully saturated rings. The lowest BCUT2D eigenvalue weighted by Gasteiger charge is -2.26. The van der Waals surface area contributed by atoms with Gasteiger partial charge in [0.2, 0.25) is 5.82 Å². The predicted octanol–water partition coefficient (Wildman–Crippen LogP) is 5.95. The number of hydrogen-bond donors (Lipinski definition) is 1. The molecule has 1 atom stereocenters. The van der Waals surface area contributed by atoms with Crippen molar-refractivity contribution in [2.75, 3.05) is 11.4 Å². The van der Waals surface area contributed by atoms with E-state index in [1.54, 1.807) is 0 Å². The molecule has 10 heteroatoms. The Morgan fingerprint density at radius 2 is 1.86 bits per heavy atom. The second kappa shape index (κ2) is 9.49. The summed E-state index contributed by atoms with van der Waals surface area (Å²) < 4.78 is 41.3. The summed E-state index contributed by atoms with van der Waals surface area (Å²) in [4.78, 5) is 27.5. The fraction of sp³-hybridized carbons (Fsp3) is 0.333. The van der Waals surface area contributed by atoms with E-state index in [2.05, 4.69) is 21.8 Å². The zero-order chi connectivity index (χ0) is 26.3. The van der Waals surface area contributed by atoms with E-state index in [-0.39, 0.29) is 24.1 Å². The number of benzene rings is 2. The third-order valence-corrected chi connectivity index (χ3v) is 6.79. The second-order valence-corrected chi connectivity index (χ2v) is 9.33. The van der Waals surface area contributed by atoms with E-state index in [9.17, 15) is 23.1 Å². The number of carboxylic acids is 1. The molecule has 0 amide bonds. The van der Waals surface area contributed by atoms with E-state index in [0.717, 1.165) is 49.1 Å². The van der Waals surface area contributed by atoms with Gasteiger partial charge in [0.15, 0.2) is 11.5 Å². The number of alkyl halides is 3. The number of hydrogen-bond acceptors (Lipinski definition) is 5. The lowest BCUT2D eigenvalue weighted by Crippen LogP contribution is -2.30. The highest BCUT2D eigenvalue weighted by Gasteiger charge is 2.32. The maximum absolute atomic E-state index is 13.1. The van der Waals surface area contributed by atoms with Crippen molar-refractivity contribution in [3.05, 3.63) is 71.0 Å². The van der Waals surface area contributed by atoms with Crippen molar-refractivity contribution in [3.63, 3.8) is 0 Å². The summed E-state index contributed by atoms with van der Waals surface area (Å²) in [5, 5.41) is 9.72. The number of carbonyl (C=O) groups is 1. The molecule has 7 nitrogen and oxygen atoms in total. The molecule has 1 aliphatic heterocycles. The van der Waals surface area contributed by atoms with Crippen LogP contribution in [0, 0.1) is 6.92 Å². The van der Waals surface area contributed by atoms with Gasteiger partial charge in [-0.25, -0.2) is 19.7 Å². The van der Waals surface area contributed by atoms with Gasteiger partial charge in [-0.15, -0.1) is 0 Å². The van der Waals surface area contributed by atoms with Crippen molar-refractivity contribution in [2.24, 2.45) is 0 Å². The zero-order valence-corrected chi connectivity index (χ0v) is 20.5. The molecule has 4 aromatic rings. The number of carboxylic acid groups (broad SMARTS) is 1. The Balaban J connectivity index is 1.74. The van der Waals surface area contributed by atoms with Crippen LogP contribution in [0.15, 0.2) is 48.5 Å². The third kappa shape index (κ3) is 4.75. The lowest BCUT2D eigenvalue weighted by atomic mass is 10.1. The first kappa shape index (κ1) is 24.7. The molecule has 1 unspecified atom stereocenters. The molecule has 0 radical (unpaired) electrons. The maximum atomic E-state index is 13.1. The SMILES string of the molecule is CCC1CCCN1c1nc(C(=O)O)nc2nc(-c3cccc(C)c3)n(Cc3ccc(C(F)(F)F)cc3)c12. The van der Waals surface area contributed by atoms with Gasteiger partial charge in [-0.3, -0.25) is 0 Å². The molecular formula is C27H26F3N5O2. The standard InChI is InChI=1S/C27H26F3N5O2/c1-3-20-8-5-13-34(20)25-21-22(31-23(33-25)26(36)37)32-24(18-7-4-6-16(2)14-18)35(21)15-17-9-11-19(12-10-17)27(28,29)30/h4,6-7,9-12,14,20H,3,5,8,13,15H2,1-2H3,(H,36,37). The Morgan fingerprint density at radius 1 is 1.11 bits per heavy atom. The van der Waals surface area contributed by atoms with Crippen molar-refractivity contribution in [3.8, 4) is 11.4 Å². The van der Waals surface area contributed by atoms with Gasteiger partial charge in [0.1, 0.15) is 11.3 Å². The molecular weight excluding hydrogens is 483 g/mol. The molecule has 192 valence electrons. The normalized spacial score (nSPS) is 16.0. The van der Waals surface area contributed by atoms with Crippen LogP contribution in [0.2, 0.25) is 0 Å². The Hall–Kier alpha value is -3.95. The average Bonchev–Trinajstić information content (AvgIpc) is 3.48. The van der Waals surface area contributed by atoms with Crippen molar-refractivity contribution >= 4 is 23.0 Å². The number of aromatic nitrogens is 4. The molecule has 37 heavy (non-hydrogen) atoms. The van der Waals surface area contributed by atoms with Crippen LogP contribution in [0.5, 0.6) is 0 Å². The first-order valence-corrected chi connectivity index (χ1v) is 12.2. The van der Waals surface area contributed by atoms with Crippen molar-refractivity contribution < 1.29 is 23.1 Å². The van der Waals surface area contributed by atoms with E-state index in [1.807, 2.05) is 35.8 Å². The number of anilines is 1. The summed E-state index contributed by atoms with van der Waals surface area (Å²) in [5.41, 5.74) is 2.54. The summed E-state index contributed by atoms with van der Waals surface area (Å²) in [6, 6.07) is 12.9. The number of aryl methyl sites for hydroxylation is 1. The van der Waals surface area contributed by atoms with Crippen LogP contribution in [0.3, 0.4) is 0 Å². The van der Waals surface area contributed by atoms with Gasteiger partial charge >= 0.3 is 12.1 Å². The van der Waals surface area contributed by atoms with Crippen LogP contribution in [0.1, 0.15) is 53.5 Å². The smallest absolute Gasteiger partial charge is 0.416 e. The summed E-state index contributed by atoms with van der Waals surface area (Å²) in [5.74, 6) is -0.544. The van der Waals surface area contributed by atoms with Crippen LogP contribution in [0.4, 0.5) is 19.0 Å². The Morgan fingerprint density at radius 3 is 2.51 bits per heavy atom. The zero-order valence-electron chi connectivity index (χ0n) is 20.5. The minimum Gasteiger partial charge on any atom is -0.475 e. The van der Waals surface area contributed by atoms with Gasteiger partial charge in [-0.05, 0) is 49.9 Å². The number of rotatable bonds is 6. The highest BCUT2D eigenvalue weighted by Crippen LogP contribution is 2.35. The quantitative estimate of drug-likeness (QED) is 0.346. The van der Waals surface area contributed by atoms with Crippen LogP contribution in [0.25, 0.3) is 22.6 Å². The molecule has 1 aliphatic rings. The Labute approximate surface area is 211 Å². The van der Waals surface area contributed by atoms with Gasteiger partial charge in [0.05, 0.1) is 5.56 Å². The van der Waals surface area contributed by atoms with Crippen LogP contribution < -0.4 is 4.90 Å². The van der Waals surface area contributed by atoms with Crippen molar-refractivity contribution in [1.82, 2.24) is 19.5 Å².